The second-order valence-corrected chi connectivity index (χ2v) is 11.8. The quantitative estimate of drug-likeness (QED) is 0.442. The van der Waals surface area contributed by atoms with E-state index in [4.69, 9.17) is 0 Å². The fourth-order valence-electron chi connectivity index (χ4n) is 4.36. The van der Waals surface area contributed by atoms with E-state index in [1.807, 2.05) is 0 Å². The van der Waals surface area contributed by atoms with Crippen molar-refractivity contribution in [3.63, 3.8) is 0 Å². The normalized spacial score (nSPS) is 16.3. The number of hydrogen-bond acceptors (Lipinski definition) is 6. The Kier molecular flexibility index (Phi) is 7.62. The third-order valence-electron chi connectivity index (χ3n) is 6.18. The predicted octanol–water partition coefficient (Wildman–Crippen LogP) is 4.55. The maximum Gasteiger partial charge on any atom is 0.244 e. The molecule has 0 saturated heterocycles. The summed E-state index contributed by atoms with van der Waals surface area (Å²) in [6, 6.07) is 3.23. The van der Waals surface area contributed by atoms with Crippen molar-refractivity contribution < 1.29 is 18.0 Å². The molecule has 3 rings (SSSR count). The van der Waals surface area contributed by atoms with E-state index in [1.165, 1.54) is 29.2 Å². The molecule has 2 aromatic heterocycles. The van der Waals surface area contributed by atoms with Crippen LogP contribution in [0.4, 0.5) is 0 Å². The Morgan fingerprint density at radius 2 is 1.84 bits per heavy atom. The van der Waals surface area contributed by atoms with Gasteiger partial charge in [0.1, 0.15) is 4.90 Å². The minimum atomic E-state index is -3.60. The number of carbonyl (C=O) groups is 2. The Hall–Kier alpha value is -1.97. The largest absolute Gasteiger partial charge is 0.355 e. The fourth-order valence-corrected chi connectivity index (χ4v) is 6.57. The number of H-pyrrole nitrogens is 1. The van der Waals surface area contributed by atoms with Crippen LogP contribution < -0.4 is 0 Å². The Morgan fingerprint density at radius 3 is 2.38 bits per heavy atom. The molecule has 1 fully saturated rings. The highest BCUT2D eigenvalue weighted by atomic mass is 32.2. The molecule has 2 heterocycles. The molecule has 1 N–H and O–H groups in total. The number of nitrogens with zero attached hydrogens (tertiary/aromatic N) is 2. The summed E-state index contributed by atoms with van der Waals surface area (Å²) in [4.78, 5) is 32.3. The van der Waals surface area contributed by atoms with Gasteiger partial charge < -0.3 is 4.98 Å². The van der Waals surface area contributed by atoms with Gasteiger partial charge in [-0.25, -0.2) is 13.4 Å². The first-order chi connectivity index (χ1) is 15.0. The van der Waals surface area contributed by atoms with Gasteiger partial charge in [0.15, 0.2) is 11.6 Å². The summed E-state index contributed by atoms with van der Waals surface area (Å²) in [5.74, 6) is -0.203. The Bertz CT molecular complexity index is 1100. The van der Waals surface area contributed by atoms with E-state index in [1.54, 1.807) is 40.0 Å². The number of pyridine rings is 1. The number of aryl methyl sites for hydroxylation is 1. The van der Waals surface area contributed by atoms with E-state index in [0.717, 1.165) is 32.1 Å². The van der Waals surface area contributed by atoms with E-state index in [0.29, 0.717) is 27.5 Å². The van der Waals surface area contributed by atoms with Crippen molar-refractivity contribution >= 4 is 33.4 Å². The number of aromatic nitrogens is 2. The lowest BCUT2D eigenvalue weighted by molar-refractivity contribution is 0.0988. The summed E-state index contributed by atoms with van der Waals surface area (Å²) >= 11 is 1.26. The van der Waals surface area contributed by atoms with E-state index in [9.17, 15) is 18.0 Å². The smallest absolute Gasteiger partial charge is 0.244 e. The number of rotatable bonds is 8. The first-order valence-corrected chi connectivity index (χ1v) is 13.2. The highest BCUT2D eigenvalue weighted by molar-refractivity contribution is 8.00. The van der Waals surface area contributed by atoms with Crippen molar-refractivity contribution in [2.75, 3.05) is 7.05 Å². The molecule has 0 amide bonds. The zero-order valence-electron chi connectivity index (χ0n) is 19.3. The summed E-state index contributed by atoms with van der Waals surface area (Å²) in [6.07, 6.45) is 6.41. The SMILES string of the molecule is CC(=O)c1c(C)[nH]c(C(=O)C(C)Sc2ccc(S(=O)(=O)N(C)C3CCCCC3)cn2)c1C. The molecule has 0 aromatic carbocycles. The van der Waals surface area contributed by atoms with E-state index in [-0.39, 0.29) is 22.5 Å². The number of sulfonamides is 1. The van der Waals surface area contributed by atoms with Gasteiger partial charge in [0.25, 0.3) is 0 Å². The Labute approximate surface area is 194 Å². The van der Waals surface area contributed by atoms with Gasteiger partial charge in [-0.2, -0.15) is 4.31 Å². The lowest BCUT2D eigenvalue weighted by Crippen LogP contribution is -2.38. The molecule has 9 heteroatoms. The van der Waals surface area contributed by atoms with Gasteiger partial charge >= 0.3 is 0 Å². The van der Waals surface area contributed by atoms with Crippen LogP contribution in [0.5, 0.6) is 0 Å². The highest BCUT2D eigenvalue weighted by Gasteiger charge is 2.30. The standard InChI is InChI=1S/C23H31N3O4S2/c1-14-21(16(3)27)15(2)25-22(14)23(28)17(4)31-20-12-11-19(13-24-20)32(29,30)26(5)18-9-7-6-8-10-18/h11-13,17-18,25H,6-10H2,1-5H3. The first-order valence-electron chi connectivity index (χ1n) is 10.9. The third kappa shape index (κ3) is 5.00. The van der Waals surface area contributed by atoms with Gasteiger partial charge in [0.05, 0.1) is 16.0 Å². The number of hydrogen-bond donors (Lipinski definition) is 1. The first kappa shape index (κ1) is 24.7. The molecule has 1 atom stereocenters. The van der Waals surface area contributed by atoms with Crippen LogP contribution in [0.3, 0.4) is 0 Å². The molecule has 2 aromatic rings. The monoisotopic (exact) mass is 477 g/mol. The molecule has 1 saturated carbocycles. The summed E-state index contributed by atoms with van der Waals surface area (Å²) in [5, 5.41) is 0.115. The molecule has 0 aliphatic heterocycles. The maximum absolute atomic E-state index is 13.0. The third-order valence-corrected chi connectivity index (χ3v) is 9.12. The number of thioether (sulfide) groups is 1. The van der Waals surface area contributed by atoms with E-state index >= 15 is 0 Å². The molecule has 1 aliphatic carbocycles. The van der Waals surface area contributed by atoms with Crippen LogP contribution in [-0.2, 0) is 10.0 Å². The van der Waals surface area contributed by atoms with E-state index < -0.39 is 15.3 Å². The number of Topliss-reactive ketones (excluding diaryl/α,β-unsaturated/α-hetero) is 2. The van der Waals surface area contributed by atoms with Gasteiger partial charge in [0.2, 0.25) is 10.0 Å². The zero-order valence-corrected chi connectivity index (χ0v) is 20.9. The number of carbonyl (C=O) groups excluding carboxylic acids is 2. The van der Waals surface area contributed by atoms with Gasteiger partial charge in [0, 0.05) is 30.5 Å². The minimum absolute atomic E-state index is 0.0350. The number of nitrogens with one attached hydrogen (secondary N) is 1. The summed E-state index contributed by atoms with van der Waals surface area (Å²) < 4.78 is 27.4. The molecule has 0 spiro atoms. The lowest BCUT2D eigenvalue weighted by atomic mass is 9.96. The van der Waals surface area contributed by atoms with Crippen LogP contribution in [-0.4, -0.2) is 52.6 Å². The number of ketones is 2. The topological polar surface area (TPSA) is 100 Å². The van der Waals surface area contributed by atoms with Crippen LogP contribution in [0.2, 0.25) is 0 Å². The van der Waals surface area contributed by atoms with Crippen molar-refractivity contribution in [1.29, 1.82) is 0 Å². The van der Waals surface area contributed by atoms with Crippen molar-refractivity contribution in [2.45, 2.75) is 81.0 Å². The zero-order chi connectivity index (χ0) is 23.6. The lowest BCUT2D eigenvalue weighted by Gasteiger charge is -2.30. The van der Waals surface area contributed by atoms with Crippen molar-refractivity contribution in [3.8, 4) is 0 Å². The molecule has 0 bridgehead atoms. The van der Waals surface area contributed by atoms with Crippen molar-refractivity contribution in [2.24, 2.45) is 0 Å². The minimum Gasteiger partial charge on any atom is -0.355 e. The molecule has 32 heavy (non-hydrogen) atoms. The average Bonchev–Trinajstić information content (AvgIpc) is 3.07. The molecule has 7 nitrogen and oxygen atoms in total. The van der Waals surface area contributed by atoms with Crippen LogP contribution >= 0.6 is 11.8 Å². The number of aromatic amines is 1. The second kappa shape index (κ2) is 9.89. The Balaban J connectivity index is 1.72. The molecule has 174 valence electrons. The molecular weight excluding hydrogens is 446 g/mol. The van der Waals surface area contributed by atoms with E-state index in [2.05, 4.69) is 9.97 Å². The van der Waals surface area contributed by atoms with Crippen LogP contribution in [0.15, 0.2) is 28.3 Å². The summed E-state index contributed by atoms with van der Waals surface area (Å²) in [6.45, 7) is 6.81. The average molecular weight is 478 g/mol. The summed E-state index contributed by atoms with van der Waals surface area (Å²) in [5.41, 5.74) is 2.33. The molecule has 0 radical (unpaired) electrons. The Morgan fingerprint density at radius 1 is 1.19 bits per heavy atom. The predicted molar refractivity (Wildman–Crippen MR) is 126 cm³/mol. The molecular formula is C23H31N3O4S2. The molecule has 1 unspecified atom stereocenters. The van der Waals surface area contributed by atoms with Crippen LogP contribution in [0.1, 0.15) is 78.1 Å². The van der Waals surface area contributed by atoms with Crippen molar-refractivity contribution in [3.05, 3.63) is 40.8 Å². The van der Waals surface area contributed by atoms with Crippen LogP contribution in [0, 0.1) is 13.8 Å². The van der Waals surface area contributed by atoms with Gasteiger partial charge in [-0.1, -0.05) is 31.0 Å². The second-order valence-electron chi connectivity index (χ2n) is 8.45. The molecule has 1 aliphatic rings. The van der Waals surface area contributed by atoms with Gasteiger partial charge in [-0.15, -0.1) is 0 Å². The van der Waals surface area contributed by atoms with Crippen LogP contribution in [0.25, 0.3) is 0 Å². The fraction of sp³-hybridized carbons (Fsp3) is 0.522. The van der Waals surface area contributed by atoms with Gasteiger partial charge in [-0.3, -0.25) is 9.59 Å². The maximum atomic E-state index is 13.0. The highest BCUT2D eigenvalue weighted by Crippen LogP contribution is 2.29. The van der Waals surface area contributed by atoms with Crippen molar-refractivity contribution in [1.82, 2.24) is 14.3 Å². The van der Waals surface area contributed by atoms with Gasteiger partial charge in [-0.05, 0) is 58.2 Å². The summed E-state index contributed by atoms with van der Waals surface area (Å²) in [7, 11) is -1.96.